The average molecular weight is 215 g/mol. The van der Waals surface area contributed by atoms with Crippen molar-refractivity contribution in [2.24, 2.45) is 5.92 Å². The van der Waals surface area contributed by atoms with Crippen LogP contribution in [0.2, 0.25) is 0 Å². The van der Waals surface area contributed by atoms with Crippen LogP contribution in [-0.2, 0) is 6.42 Å². The topological polar surface area (TPSA) is 12.0 Å². The number of hydrogen-bond acceptors (Lipinski definition) is 1. The highest BCUT2D eigenvalue weighted by Crippen LogP contribution is 2.22. The van der Waals surface area contributed by atoms with Gasteiger partial charge in [0.05, 0.1) is 0 Å². The summed E-state index contributed by atoms with van der Waals surface area (Å²) >= 11 is 0. The van der Waals surface area contributed by atoms with Crippen molar-refractivity contribution < 1.29 is 0 Å². The second kappa shape index (κ2) is 5.86. The summed E-state index contributed by atoms with van der Waals surface area (Å²) < 4.78 is 0. The molecule has 16 heavy (non-hydrogen) atoms. The van der Waals surface area contributed by atoms with Gasteiger partial charge in [0, 0.05) is 6.04 Å². The van der Waals surface area contributed by atoms with E-state index >= 15 is 0 Å². The van der Waals surface area contributed by atoms with Gasteiger partial charge in [0.2, 0.25) is 0 Å². The first kappa shape index (κ1) is 11.4. The molecule has 2 unspecified atom stereocenters. The van der Waals surface area contributed by atoms with Crippen LogP contribution in [0.3, 0.4) is 0 Å². The second-order valence-electron chi connectivity index (χ2n) is 4.71. The predicted octanol–water partition coefficient (Wildman–Crippen LogP) is 3.17. The van der Waals surface area contributed by atoms with Gasteiger partial charge in [0.15, 0.2) is 0 Å². The highest BCUT2D eigenvalue weighted by Gasteiger charge is 2.18. The number of piperidine rings is 1. The molecule has 1 fully saturated rings. The number of hydrogen-bond donors (Lipinski definition) is 1. The van der Waals surface area contributed by atoms with Crippen molar-refractivity contribution in [1.29, 1.82) is 0 Å². The highest BCUT2D eigenvalue weighted by atomic mass is 14.9. The SMILES string of the molecule is C=CC1CC(CCc2ccccc2)CCN1. The van der Waals surface area contributed by atoms with E-state index in [4.69, 9.17) is 0 Å². The molecular formula is C15H21N. The first-order chi connectivity index (χ1) is 7.88. The molecule has 1 aliphatic heterocycles. The van der Waals surface area contributed by atoms with Crippen LogP contribution in [0.4, 0.5) is 0 Å². The molecular weight excluding hydrogens is 194 g/mol. The summed E-state index contributed by atoms with van der Waals surface area (Å²) in [6.45, 7) is 5.02. The molecule has 1 heterocycles. The van der Waals surface area contributed by atoms with Crippen molar-refractivity contribution in [2.45, 2.75) is 31.7 Å². The molecule has 0 bridgehead atoms. The molecule has 1 aliphatic rings. The molecule has 1 aromatic carbocycles. The maximum Gasteiger partial charge on any atom is 0.0250 e. The molecule has 0 spiro atoms. The molecule has 0 aliphatic carbocycles. The van der Waals surface area contributed by atoms with E-state index in [0.29, 0.717) is 6.04 Å². The van der Waals surface area contributed by atoms with E-state index < -0.39 is 0 Å². The maximum absolute atomic E-state index is 3.87. The van der Waals surface area contributed by atoms with Crippen LogP contribution in [0.5, 0.6) is 0 Å². The second-order valence-corrected chi connectivity index (χ2v) is 4.71. The Hall–Kier alpha value is -1.08. The number of rotatable bonds is 4. The summed E-state index contributed by atoms with van der Waals surface area (Å²) in [5, 5.41) is 3.48. The third-order valence-electron chi connectivity index (χ3n) is 3.51. The van der Waals surface area contributed by atoms with Gasteiger partial charge in [-0.1, -0.05) is 36.4 Å². The fourth-order valence-electron chi connectivity index (χ4n) is 2.49. The molecule has 0 saturated carbocycles. The lowest BCUT2D eigenvalue weighted by molar-refractivity contribution is 0.318. The van der Waals surface area contributed by atoms with Crippen LogP contribution >= 0.6 is 0 Å². The van der Waals surface area contributed by atoms with Gasteiger partial charge in [0.25, 0.3) is 0 Å². The summed E-state index contributed by atoms with van der Waals surface area (Å²) in [4.78, 5) is 0. The van der Waals surface area contributed by atoms with Crippen LogP contribution in [0.15, 0.2) is 43.0 Å². The largest absolute Gasteiger partial charge is 0.311 e. The summed E-state index contributed by atoms with van der Waals surface area (Å²) in [7, 11) is 0. The van der Waals surface area contributed by atoms with E-state index in [1.54, 1.807) is 0 Å². The Bertz CT molecular complexity index is 317. The van der Waals surface area contributed by atoms with Crippen molar-refractivity contribution >= 4 is 0 Å². The van der Waals surface area contributed by atoms with Crippen molar-refractivity contribution in [3.8, 4) is 0 Å². The van der Waals surface area contributed by atoms with E-state index in [-0.39, 0.29) is 0 Å². The van der Waals surface area contributed by atoms with Gasteiger partial charge >= 0.3 is 0 Å². The van der Waals surface area contributed by atoms with Crippen LogP contribution in [-0.4, -0.2) is 12.6 Å². The number of benzene rings is 1. The van der Waals surface area contributed by atoms with Crippen LogP contribution in [0, 0.1) is 5.92 Å². The standard InChI is InChI=1S/C15H21N/c1-2-15-12-14(10-11-16-15)9-8-13-6-4-3-5-7-13/h2-7,14-16H,1,8-12H2. The summed E-state index contributed by atoms with van der Waals surface area (Å²) in [5.74, 6) is 0.865. The number of aryl methyl sites for hydroxylation is 1. The Kier molecular flexibility index (Phi) is 4.17. The number of nitrogens with one attached hydrogen (secondary N) is 1. The maximum atomic E-state index is 3.87. The van der Waals surface area contributed by atoms with Gasteiger partial charge in [-0.25, -0.2) is 0 Å². The van der Waals surface area contributed by atoms with Gasteiger partial charge in [-0.15, -0.1) is 6.58 Å². The minimum atomic E-state index is 0.537. The third kappa shape index (κ3) is 3.21. The lowest BCUT2D eigenvalue weighted by Crippen LogP contribution is -2.36. The molecule has 2 atom stereocenters. The zero-order valence-corrected chi connectivity index (χ0v) is 9.86. The van der Waals surface area contributed by atoms with Gasteiger partial charge < -0.3 is 5.32 Å². The van der Waals surface area contributed by atoms with Gasteiger partial charge in [-0.3, -0.25) is 0 Å². The molecule has 1 heteroatoms. The Morgan fingerprint density at radius 3 is 2.88 bits per heavy atom. The van der Waals surface area contributed by atoms with Crippen LogP contribution < -0.4 is 5.32 Å². The molecule has 2 rings (SSSR count). The fourth-order valence-corrected chi connectivity index (χ4v) is 2.49. The van der Waals surface area contributed by atoms with E-state index in [2.05, 4.69) is 48.3 Å². The molecule has 86 valence electrons. The van der Waals surface area contributed by atoms with Crippen LogP contribution in [0.1, 0.15) is 24.8 Å². The van der Waals surface area contributed by atoms with Crippen LogP contribution in [0.25, 0.3) is 0 Å². The van der Waals surface area contributed by atoms with Crippen molar-refractivity contribution in [2.75, 3.05) is 6.54 Å². The average Bonchev–Trinajstić information content (AvgIpc) is 2.38. The van der Waals surface area contributed by atoms with E-state index in [9.17, 15) is 0 Å². The van der Waals surface area contributed by atoms with Crippen molar-refractivity contribution in [3.63, 3.8) is 0 Å². The minimum absolute atomic E-state index is 0.537. The Morgan fingerprint density at radius 2 is 2.12 bits per heavy atom. The van der Waals surface area contributed by atoms with Crippen molar-refractivity contribution in [1.82, 2.24) is 5.32 Å². The van der Waals surface area contributed by atoms with E-state index in [0.717, 1.165) is 12.5 Å². The summed E-state index contributed by atoms with van der Waals surface area (Å²) in [5.41, 5.74) is 1.47. The summed E-state index contributed by atoms with van der Waals surface area (Å²) in [6, 6.07) is 11.3. The normalized spacial score (nSPS) is 25.2. The van der Waals surface area contributed by atoms with Gasteiger partial charge in [-0.2, -0.15) is 0 Å². The molecule has 1 saturated heterocycles. The van der Waals surface area contributed by atoms with Gasteiger partial charge in [0.1, 0.15) is 0 Å². The Labute approximate surface area is 98.6 Å². The first-order valence-electron chi connectivity index (χ1n) is 6.28. The Balaban J connectivity index is 1.79. The lowest BCUT2D eigenvalue weighted by Gasteiger charge is -2.28. The highest BCUT2D eigenvalue weighted by molar-refractivity contribution is 5.14. The molecule has 1 aromatic rings. The fraction of sp³-hybridized carbons (Fsp3) is 0.467. The molecule has 1 nitrogen and oxygen atoms in total. The third-order valence-corrected chi connectivity index (χ3v) is 3.51. The van der Waals surface area contributed by atoms with Crippen molar-refractivity contribution in [3.05, 3.63) is 48.6 Å². The monoisotopic (exact) mass is 215 g/mol. The lowest BCUT2D eigenvalue weighted by atomic mass is 9.87. The minimum Gasteiger partial charge on any atom is -0.311 e. The predicted molar refractivity (Wildman–Crippen MR) is 69.5 cm³/mol. The van der Waals surface area contributed by atoms with Gasteiger partial charge in [-0.05, 0) is 43.7 Å². The smallest absolute Gasteiger partial charge is 0.0250 e. The van der Waals surface area contributed by atoms with E-state index in [1.807, 2.05) is 0 Å². The summed E-state index contributed by atoms with van der Waals surface area (Å²) in [6.07, 6.45) is 7.16. The zero-order chi connectivity index (χ0) is 11.2. The molecule has 0 amide bonds. The van der Waals surface area contributed by atoms with E-state index in [1.165, 1.54) is 31.2 Å². The molecule has 0 radical (unpaired) electrons. The molecule has 0 aromatic heterocycles. The molecule has 1 N–H and O–H groups in total. The Morgan fingerprint density at radius 1 is 1.31 bits per heavy atom. The first-order valence-corrected chi connectivity index (χ1v) is 6.28. The quantitative estimate of drug-likeness (QED) is 0.761. The zero-order valence-electron chi connectivity index (χ0n) is 9.86.